The molecule has 0 unspecified atom stereocenters. The van der Waals surface area contributed by atoms with Crippen molar-refractivity contribution in [3.8, 4) is 11.5 Å². The molecule has 3 N–H and O–H groups in total. The first kappa shape index (κ1) is 21.0. The van der Waals surface area contributed by atoms with E-state index in [2.05, 4.69) is 16.2 Å². The van der Waals surface area contributed by atoms with Gasteiger partial charge in [0.25, 0.3) is 5.91 Å². The SMILES string of the molecule is CCOc1cc2c(cc1/C=C/C(=O)NNC(=S)N[C@@H](C)COC)O[C@H](C)C2. The molecule has 0 fully saturated rings. The maximum Gasteiger partial charge on any atom is 0.262 e. The van der Waals surface area contributed by atoms with E-state index in [4.69, 9.17) is 26.4 Å². The van der Waals surface area contributed by atoms with Crippen molar-refractivity contribution in [1.29, 1.82) is 0 Å². The van der Waals surface area contributed by atoms with Gasteiger partial charge in [-0.15, -0.1) is 0 Å². The molecule has 1 aromatic rings. The van der Waals surface area contributed by atoms with Crippen LogP contribution in [-0.2, 0) is 16.0 Å². The Morgan fingerprint density at radius 1 is 1.44 bits per heavy atom. The van der Waals surface area contributed by atoms with Crippen LogP contribution in [0.25, 0.3) is 6.08 Å². The minimum atomic E-state index is -0.337. The van der Waals surface area contributed by atoms with Gasteiger partial charge in [0, 0.05) is 36.8 Å². The van der Waals surface area contributed by atoms with Gasteiger partial charge >= 0.3 is 0 Å². The topological polar surface area (TPSA) is 80.9 Å². The molecule has 8 heteroatoms. The van der Waals surface area contributed by atoms with Crippen molar-refractivity contribution >= 4 is 29.3 Å². The zero-order valence-electron chi connectivity index (χ0n) is 16.1. The lowest BCUT2D eigenvalue weighted by atomic mass is 10.1. The monoisotopic (exact) mass is 393 g/mol. The number of hydrogen-bond donors (Lipinski definition) is 3. The fourth-order valence-corrected chi connectivity index (χ4v) is 3.00. The van der Waals surface area contributed by atoms with Gasteiger partial charge in [-0.3, -0.25) is 15.6 Å². The van der Waals surface area contributed by atoms with Gasteiger partial charge in [-0.2, -0.15) is 0 Å². The molecule has 1 aliphatic heterocycles. The van der Waals surface area contributed by atoms with Crippen LogP contribution < -0.4 is 25.6 Å². The summed E-state index contributed by atoms with van der Waals surface area (Å²) >= 11 is 5.11. The summed E-state index contributed by atoms with van der Waals surface area (Å²) in [5, 5.41) is 3.30. The van der Waals surface area contributed by atoms with Crippen LogP contribution in [0.5, 0.6) is 11.5 Å². The Morgan fingerprint density at radius 2 is 2.22 bits per heavy atom. The van der Waals surface area contributed by atoms with Gasteiger partial charge in [0.1, 0.15) is 17.6 Å². The summed E-state index contributed by atoms with van der Waals surface area (Å²) in [5.74, 6) is 1.23. The lowest BCUT2D eigenvalue weighted by Gasteiger charge is -2.16. The Balaban J connectivity index is 1.95. The fourth-order valence-electron chi connectivity index (χ4n) is 2.74. The van der Waals surface area contributed by atoms with Crippen LogP contribution in [0.3, 0.4) is 0 Å². The number of rotatable bonds is 7. The molecular formula is C19H27N3O4S. The average Bonchev–Trinajstić information content (AvgIpc) is 2.97. The number of carbonyl (C=O) groups is 1. The normalized spacial score (nSPS) is 16.4. The van der Waals surface area contributed by atoms with Gasteiger partial charge in [0.05, 0.1) is 13.2 Å². The molecule has 0 aromatic heterocycles. The molecule has 2 rings (SSSR count). The van der Waals surface area contributed by atoms with Crippen LogP contribution in [-0.4, -0.2) is 43.5 Å². The first-order valence-electron chi connectivity index (χ1n) is 8.92. The molecule has 1 amide bonds. The molecule has 2 atom stereocenters. The number of thiocarbonyl (C=S) groups is 1. The highest BCUT2D eigenvalue weighted by atomic mass is 32.1. The van der Waals surface area contributed by atoms with Gasteiger partial charge in [-0.25, -0.2) is 0 Å². The summed E-state index contributed by atoms with van der Waals surface area (Å²) in [7, 11) is 1.61. The molecule has 0 aliphatic carbocycles. The summed E-state index contributed by atoms with van der Waals surface area (Å²) in [6, 6.07) is 3.92. The number of benzene rings is 1. The summed E-state index contributed by atoms with van der Waals surface area (Å²) in [6.45, 7) is 6.93. The predicted molar refractivity (Wildman–Crippen MR) is 109 cm³/mol. The second kappa shape index (κ2) is 10.1. The average molecular weight is 394 g/mol. The van der Waals surface area contributed by atoms with Crippen LogP contribution >= 0.6 is 12.2 Å². The number of carbonyl (C=O) groups excluding carboxylic acids is 1. The number of hydrogen-bond acceptors (Lipinski definition) is 5. The minimum Gasteiger partial charge on any atom is -0.493 e. The van der Waals surface area contributed by atoms with E-state index < -0.39 is 0 Å². The zero-order valence-corrected chi connectivity index (χ0v) is 16.9. The first-order valence-corrected chi connectivity index (χ1v) is 9.33. The van der Waals surface area contributed by atoms with Crippen LogP contribution in [0.1, 0.15) is 31.9 Å². The molecule has 0 saturated carbocycles. The number of methoxy groups -OCH3 is 1. The van der Waals surface area contributed by atoms with Crippen molar-refractivity contribution in [1.82, 2.24) is 16.2 Å². The number of ether oxygens (including phenoxy) is 3. The third-order valence-corrected chi connectivity index (χ3v) is 4.06. The van der Waals surface area contributed by atoms with E-state index in [0.29, 0.717) is 18.3 Å². The van der Waals surface area contributed by atoms with Crippen LogP contribution in [0, 0.1) is 0 Å². The van der Waals surface area contributed by atoms with E-state index in [1.165, 1.54) is 6.08 Å². The molecule has 0 saturated heterocycles. The molecule has 1 aromatic carbocycles. The van der Waals surface area contributed by atoms with Crippen LogP contribution in [0.2, 0.25) is 0 Å². The van der Waals surface area contributed by atoms with E-state index in [1.807, 2.05) is 32.9 Å². The van der Waals surface area contributed by atoms with Gasteiger partial charge in [0.2, 0.25) is 0 Å². The van der Waals surface area contributed by atoms with Crippen molar-refractivity contribution in [3.05, 3.63) is 29.3 Å². The third-order valence-electron chi connectivity index (χ3n) is 3.84. The second-order valence-corrected chi connectivity index (χ2v) is 6.75. The Bertz CT molecular complexity index is 708. The van der Waals surface area contributed by atoms with Crippen molar-refractivity contribution in [2.24, 2.45) is 0 Å². The van der Waals surface area contributed by atoms with Crippen LogP contribution in [0.4, 0.5) is 0 Å². The molecule has 27 heavy (non-hydrogen) atoms. The molecule has 1 heterocycles. The van der Waals surface area contributed by atoms with E-state index in [-0.39, 0.29) is 18.1 Å². The maximum atomic E-state index is 12.0. The zero-order chi connectivity index (χ0) is 19.8. The van der Waals surface area contributed by atoms with E-state index in [0.717, 1.165) is 29.0 Å². The molecule has 7 nitrogen and oxygen atoms in total. The fraction of sp³-hybridized carbons (Fsp3) is 0.474. The summed E-state index contributed by atoms with van der Waals surface area (Å²) in [6.07, 6.45) is 4.11. The smallest absolute Gasteiger partial charge is 0.262 e. The highest BCUT2D eigenvalue weighted by molar-refractivity contribution is 7.80. The number of amides is 1. The van der Waals surface area contributed by atoms with Crippen molar-refractivity contribution in [2.75, 3.05) is 20.3 Å². The second-order valence-electron chi connectivity index (χ2n) is 6.34. The van der Waals surface area contributed by atoms with Gasteiger partial charge in [-0.05, 0) is 51.2 Å². The first-order chi connectivity index (χ1) is 12.9. The molecule has 0 radical (unpaired) electrons. The van der Waals surface area contributed by atoms with Gasteiger partial charge in [-0.1, -0.05) is 0 Å². The molecule has 0 bridgehead atoms. The molecule has 1 aliphatic rings. The Kier molecular flexibility index (Phi) is 7.87. The summed E-state index contributed by atoms with van der Waals surface area (Å²) in [5.41, 5.74) is 7.08. The lowest BCUT2D eigenvalue weighted by molar-refractivity contribution is -0.116. The molecule has 0 spiro atoms. The Hall–Kier alpha value is -2.32. The van der Waals surface area contributed by atoms with Crippen molar-refractivity contribution in [2.45, 2.75) is 39.3 Å². The standard InChI is InChI=1S/C19H27N3O4S/c1-5-25-16-10-15-8-13(3)26-17(15)9-14(16)6-7-18(23)21-22-19(27)20-12(2)11-24-4/h6-7,9-10,12-13H,5,8,11H2,1-4H3,(H,21,23)(H2,20,22,27)/b7-6+/t12-,13+/m0/s1. The Morgan fingerprint density at radius 3 is 2.93 bits per heavy atom. The van der Waals surface area contributed by atoms with Crippen LogP contribution in [0.15, 0.2) is 18.2 Å². The van der Waals surface area contributed by atoms with Gasteiger partial charge < -0.3 is 19.5 Å². The highest BCUT2D eigenvalue weighted by Crippen LogP contribution is 2.35. The number of nitrogens with one attached hydrogen (secondary N) is 3. The van der Waals surface area contributed by atoms with E-state index in [1.54, 1.807) is 13.2 Å². The Labute approximate surface area is 165 Å². The quantitative estimate of drug-likeness (QED) is 0.371. The maximum absolute atomic E-state index is 12.0. The van der Waals surface area contributed by atoms with E-state index >= 15 is 0 Å². The van der Waals surface area contributed by atoms with Gasteiger partial charge in [0.15, 0.2) is 5.11 Å². The van der Waals surface area contributed by atoms with Crippen molar-refractivity contribution < 1.29 is 19.0 Å². The predicted octanol–water partition coefficient (Wildman–Crippen LogP) is 1.95. The largest absolute Gasteiger partial charge is 0.493 e. The lowest BCUT2D eigenvalue weighted by Crippen LogP contribution is -2.49. The number of hydrazine groups is 1. The highest BCUT2D eigenvalue weighted by Gasteiger charge is 2.21. The molecule has 148 valence electrons. The third kappa shape index (κ3) is 6.41. The van der Waals surface area contributed by atoms with Crippen molar-refractivity contribution in [3.63, 3.8) is 0 Å². The molecular weight excluding hydrogens is 366 g/mol. The van der Waals surface area contributed by atoms with E-state index in [9.17, 15) is 4.79 Å². The minimum absolute atomic E-state index is 0.0324. The number of fused-ring (bicyclic) bond motifs is 1. The summed E-state index contributed by atoms with van der Waals surface area (Å²) in [4.78, 5) is 12.0. The summed E-state index contributed by atoms with van der Waals surface area (Å²) < 4.78 is 16.5.